The number of rotatable bonds is 7. The number of carbonyl (C=O) groups is 1. The van der Waals surface area contributed by atoms with Gasteiger partial charge in [-0.1, -0.05) is 47.6 Å². The highest BCUT2D eigenvalue weighted by Crippen LogP contribution is 2.27. The van der Waals surface area contributed by atoms with Gasteiger partial charge in [0.05, 0.1) is 28.8 Å². The molecule has 0 aliphatic heterocycles. The average molecular weight is 417 g/mol. The molecule has 7 heteroatoms. The van der Waals surface area contributed by atoms with Gasteiger partial charge in [0.1, 0.15) is 0 Å². The Morgan fingerprint density at radius 3 is 2.68 bits per heavy atom. The monoisotopic (exact) mass is 416 g/mol. The summed E-state index contributed by atoms with van der Waals surface area (Å²) in [4.78, 5) is 30.6. The smallest absolute Gasteiger partial charge is 0.262 e. The zero-order valence-corrected chi connectivity index (χ0v) is 17.5. The number of thioether (sulfide) groups is 1. The van der Waals surface area contributed by atoms with Gasteiger partial charge in [0, 0.05) is 17.7 Å². The number of fused-ring (bicyclic) bond motifs is 1. The maximum Gasteiger partial charge on any atom is 0.262 e. The third-order valence-electron chi connectivity index (χ3n) is 4.38. The van der Waals surface area contributed by atoms with Gasteiger partial charge >= 0.3 is 0 Å². The molecular weight excluding hydrogens is 396 g/mol. The molecule has 0 aliphatic carbocycles. The van der Waals surface area contributed by atoms with Crippen LogP contribution in [0.2, 0.25) is 5.02 Å². The van der Waals surface area contributed by atoms with Crippen molar-refractivity contribution in [2.24, 2.45) is 0 Å². The van der Waals surface area contributed by atoms with Crippen LogP contribution in [-0.4, -0.2) is 34.3 Å². The lowest BCUT2D eigenvalue weighted by Gasteiger charge is -2.20. The molecule has 5 nitrogen and oxygen atoms in total. The standard InChI is InChI=1S/C21H21ClN2O3S/c1-13(12-27-3)24-20(26)17-9-4-5-10-18(17)23-21(24)28-14(2)19(25)15-7-6-8-16(22)11-15/h4-11,13-14H,12H2,1-3H3/t13-,14-/m0/s1. The van der Waals surface area contributed by atoms with Crippen LogP contribution in [-0.2, 0) is 4.74 Å². The van der Waals surface area contributed by atoms with Crippen LogP contribution < -0.4 is 5.56 Å². The summed E-state index contributed by atoms with van der Waals surface area (Å²) >= 11 is 7.28. The number of aromatic nitrogens is 2. The maximum absolute atomic E-state index is 13.1. The highest BCUT2D eigenvalue weighted by atomic mass is 35.5. The summed E-state index contributed by atoms with van der Waals surface area (Å²) < 4.78 is 6.85. The maximum atomic E-state index is 13.1. The normalized spacial score (nSPS) is 13.4. The molecule has 1 heterocycles. The molecule has 0 spiro atoms. The molecule has 0 bridgehead atoms. The Balaban J connectivity index is 2.02. The minimum absolute atomic E-state index is 0.0687. The number of para-hydroxylation sites is 1. The van der Waals surface area contributed by atoms with Crippen molar-refractivity contribution in [2.45, 2.75) is 30.3 Å². The molecule has 3 aromatic rings. The van der Waals surface area contributed by atoms with Crippen molar-refractivity contribution in [2.75, 3.05) is 13.7 Å². The fraction of sp³-hybridized carbons (Fsp3) is 0.286. The van der Waals surface area contributed by atoms with E-state index in [2.05, 4.69) is 4.98 Å². The number of Topliss-reactive ketones (excluding diaryl/α,β-unsaturated/α-hetero) is 1. The first kappa shape index (κ1) is 20.6. The largest absolute Gasteiger partial charge is 0.383 e. The number of benzene rings is 2. The van der Waals surface area contributed by atoms with Crippen molar-refractivity contribution in [3.63, 3.8) is 0 Å². The third kappa shape index (κ3) is 4.29. The molecule has 3 rings (SSSR count). The Morgan fingerprint density at radius 1 is 1.21 bits per heavy atom. The predicted molar refractivity (Wildman–Crippen MR) is 114 cm³/mol. The third-order valence-corrected chi connectivity index (χ3v) is 5.69. The van der Waals surface area contributed by atoms with E-state index in [0.29, 0.717) is 33.3 Å². The minimum atomic E-state index is -0.437. The quantitative estimate of drug-likeness (QED) is 0.319. The number of hydrogen-bond donors (Lipinski definition) is 0. The Hall–Kier alpha value is -2.15. The van der Waals surface area contributed by atoms with Crippen molar-refractivity contribution < 1.29 is 9.53 Å². The Bertz CT molecular complexity index is 1070. The summed E-state index contributed by atoms with van der Waals surface area (Å²) in [5.41, 5.74) is 1.01. The van der Waals surface area contributed by atoms with E-state index in [-0.39, 0.29) is 17.4 Å². The van der Waals surface area contributed by atoms with Crippen LogP contribution in [0.1, 0.15) is 30.2 Å². The fourth-order valence-electron chi connectivity index (χ4n) is 3.00. The summed E-state index contributed by atoms with van der Waals surface area (Å²) in [6, 6.07) is 13.9. The zero-order chi connectivity index (χ0) is 20.3. The average Bonchev–Trinajstić information content (AvgIpc) is 2.67. The number of halogens is 1. The molecule has 28 heavy (non-hydrogen) atoms. The van der Waals surface area contributed by atoms with Crippen molar-refractivity contribution in [3.8, 4) is 0 Å². The lowest BCUT2D eigenvalue weighted by atomic mass is 10.1. The number of hydrogen-bond acceptors (Lipinski definition) is 5. The highest BCUT2D eigenvalue weighted by molar-refractivity contribution is 8.00. The van der Waals surface area contributed by atoms with Gasteiger partial charge in [0.15, 0.2) is 10.9 Å². The van der Waals surface area contributed by atoms with Gasteiger partial charge in [-0.05, 0) is 38.1 Å². The van der Waals surface area contributed by atoms with Gasteiger partial charge in [-0.2, -0.15) is 0 Å². The molecule has 0 radical (unpaired) electrons. The van der Waals surface area contributed by atoms with Crippen molar-refractivity contribution in [3.05, 3.63) is 69.5 Å². The first-order valence-corrected chi connectivity index (χ1v) is 10.1. The molecule has 146 valence electrons. The molecule has 0 saturated heterocycles. The van der Waals surface area contributed by atoms with Crippen molar-refractivity contribution in [1.29, 1.82) is 0 Å². The van der Waals surface area contributed by atoms with E-state index in [1.54, 1.807) is 55.0 Å². The molecule has 0 amide bonds. The second-order valence-corrected chi connectivity index (χ2v) is 8.27. The van der Waals surface area contributed by atoms with E-state index in [1.165, 1.54) is 11.8 Å². The lowest BCUT2D eigenvalue weighted by Crippen LogP contribution is -2.29. The van der Waals surface area contributed by atoms with Gasteiger partial charge < -0.3 is 4.74 Å². The predicted octanol–water partition coefficient (Wildman–Crippen LogP) is 4.62. The van der Waals surface area contributed by atoms with Crippen molar-refractivity contribution >= 4 is 40.0 Å². The lowest BCUT2D eigenvalue weighted by molar-refractivity contribution is 0.0993. The van der Waals surface area contributed by atoms with Crippen LogP contribution >= 0.6 is 23.4 Å². The van der Waals surface area contributed by atoms with E-state index < -0.39 is 5.25 Å². The SMILES string of the molecule is COC[C@H](C)n1c(S[C@@H](C)C(=O)c2cccc(Cl)c2)nc2ccccc2c1=O. The number of nitrogens with zero attached hydrogens (tertiary/aromatic N) is 2. The van der Waals surface area contributed by atoms with Crippen LogP contribution in [0.25, 0.3) is 10.9 Å². The van der Waals surface area contributed by atoms with E-state index in [4.69, 9.17) is 16.3 Å². The molecule has 1 aromatic heterocycles. The molecule has 0 aliphatic rings. The first-order chi connectivity index (χ1) is 13.4. The molecule has 0 N–H and O–H groups in total. The fourth-order valence-corrected chi connectivity index (χ4v) is 4.28. The second kappa shape index (κ2) is 8.90. The van der Waals surface area contributed by atoms with E-state index in [9.17, 15) is 9.59 Å². The minimum Gasteiger partial charge on any atom is -0.383 e. The van der Waals surface area contributed by atoms with Crippen LogP contribution in [0, 0.1) is 0 Å². The number of ether oxygens (including phenoxy) is 1. The van der Waals surface area contributed by atoms with Gasteiger partial charge in [0.2, 0.25) is 0 Å². The number of ketones is 1. The molecular formula is C21H21ClN2O3S. The summed E-state index contributed by atoms with van der Waals surface area (Å²) in [5, 5.41) is 1.12. The van der Waals surface area contributed by atoms with E-state index >= 15 is 0 Å². The molecule has 0 fully saturated rings. The summed E-state index contributed by atoms with van der Waals surface area (Å²) in [6.07, 6.45) is 0. The second-order valence-electron chi connectivity index (χ2n) is 6.53. The summed E-state index contributed by atoms with van der Waals surface area (Å²) in [6.45, 7) is 4.07. The Kier molecular flexibility index (Phi) is 6.54. The highest BCUT2D eigenvalue weighted by Gasteiger charge is 2.22. The van der Waals surface area contributed by atoms with Crippen LogP contribution in [0.15, 0.2) is 58.5 Å². The summed E-state index contributed by atoms with van der Waals surface area (Å²) in [7, 11) is 1.59. The molecule has 2 atom stereocenters. The molecule has 0 unspecified atom stereocenters. The van der Waals surface area contributed by atoms with Gasteiger partial charge in [0.25, 0.3) is 5.56 Å². The van der Waals surface area contributed by atoms with Crippen LogP contribution in [0.4, 0.5) is 0 Å². The first-order valence-electron chi connectivity index (χ1n) is 8.89. The number of methoxy groups -OCH3 is 1. The molecule has 2 aromatic carbocycles. The van der Waals surface area contributed by atoms with Gasteiger partial charge in [-0.15, -0.1) is 0 Å². The van der Waals surface area contributed by atoms with Crippen LogP contribution in [0.5, 0.6) is 0 Å². The Labute approximate surface area is 172 Å². The van der Waals surface area contributed by atoms with Crippen molar-refractivity contribution in [1.82, 2.24) is 9.55 Å². The molecule has 0 saturated carbocycles. The topological polar surface area (TPSA) is 61.2 Å². The van der Waals surface area contributed by atoms with Gasteiger partial charge in [-0.25, -0.2) is 4.98 Å². The Morgan fingerprint density at radius 2 is 1.96 bits per heavy atom. The number of carbonyl (C=O) groups excluding carboxylic acids is 1. The van der Waals surface area contributed by atoms with E-state index in [0.717, 1.165) is 0 Å². The summed E-state index contributed by atoms with van der Waals surface area (Å²) in [5.74, 6) is -0.0687. The van der Waals surface area contributed by atoms with E-state index in [1.807, 2.05) is 19.1 Å². The van der Waals surface area contributed by atoms with Crippen LogP contribution in [0.3, 0.4) is 0 Å². The zero-order valence-electron chi connectivity index (χ0n) is 15.9. The van der Waals surface area contributed by atoms with Gasteiger partial charge in [-0.3, -0.25) is 14.2 Å².